The highest BCUT2D eigenvalue weighted by Crippen LogP contribution is 2.34. The maximum atomic E-state index is 6.21. The van der Waals surface area contributed by atoms with Crippen molar-refractivity contribution < 1.29 is 4.74 Å². The summed E-state index contributed by atoms with van der Waals surface area (Å²) in [5, 5.41) is 3.63. The Labute approximate surface area is 159 Å². The van der Waals surface area contributed by atoms with E-state index in [1.807, 2.05) is 5.51 Å². The molecule has 1 aromatic heterocycles. The molecule has 0 radical (unpaired) electrons. The van der Waals surface area contributed by atoms with Crippen LogP contribution in [0.4, 0.5) is 0 Å². The van der Waals surface area contributed by atoms with Gasteiger partial charge in [0.25, 0.3) is 0 Å². The third kappa shape index (κ3) is 3.28. The van der Waals surface area contributed by atoms with Gasteiger partial charge in [0, 0.05) is 36.7 Å². The van der Waals surface area contributed by atoms with Crippen molar-refractivity contribution in [2.45, 2.75) is 56.7 Å². The second-order valence-corrected chi connectivity index (χ2v) is 8.72. The molecule has 138 valence electrons. The van der Waals surface area contributed by atoms with Crippen molar-refractivity contribution in [1.29, 1.82) is 0 Å². The fraction of sp³-hybridized carbons (Fsp3) is 0.571. The molecule has 2 aliphatic heterocycles. The first-order valence-corrected chi connectivity index (χ1v) is 10.9. The average molecular weight is 370 g/mol. The van der Waals surface area contributed by atoms with Gasteiger partial charge in [0.2, 0.25) is 0 Å². The van der Waals surface area contributed by atoms with E-state index in [-0.39, 0.29) is 6.04 Å². The Hall–Kier alpha value is -1.43. The van der Waals surface area contributed by atoms with Crippen molar-refractivity contribution in [3.05, 3.63) is 45.9 Å². The molecular weight excluding hydrogens is 342 g/mol. The first-order valence-electron chi connectivity index (χ1n) is 10.0. The van der Waals surface area contributed by atoms with Crippen LogP contribution >= 0.6 is 11.3 Å². The van der Waals surface area contributed by atoms with Gasteiger partial charge < -0.3 is 15.0 Å². The summed E-state index contributed by atoms with van der Waals surface area (Å²) in [6, 6.07) is 9.75. The fourth-order valence-corrected chi connectivity index (χ4v) is 5.48. The Morgan fingerprint density at radius 2 is 1.88 bits per heavy atom. The quantitative estimate of drug-likeness (QED) is 0.890. The van der Waals surface area contributed by atoms with Gasteiger partial charge in [-0.2, -0.15) is 0 Å². The second-order valence-electron chi connectivity index (χ2n) is 7.83. The Morgan fingerprint density at radius 3 is 2.69 bits per heavy atom. The lowest BCUT2D eigenvalue weighted by molar-refractivity contribution is 0.00891. The Kier molecular flexibility index (Phi) is 4.69. The molecule has 1 aromatic carbocycles. The SMILES string of the molecule is c1nc2c(s1)C(c1ccc(O[C@H]3C[C@H](N4CCCCC4)C3)cc1)NCC2. The highest BCUT2D eigenvalue weighted by molar-refractivity contribution is 7.09. The lowest BCUT2D eigenvalue weighted by atomic mass is 9.86. The minimum absolute atomic E-state index is 0.285. The summed E-state index contributed by atoms with van der Waals surface area (Å²) in [7, 11) is 0. The van der Waals surface area contributed by atoms with Crippen LogP contribution in [0.15, 0.2) is 29.8 Å². The minimum Gasteiger partial charge on any atom is -0.490 e. The highest BCUT2D eigenvalue weighted by Gasteiger charge is 2.35. The van der Waals surface area contributed by atoms with E-state index >= 15 is 0 Å². The van der Waals surface area contributed by atoms with Crippen LogP contribution in [0, 0.1) is 0 Å². The van der Waals surface area contributed by atoms with E-state index in [4.69, 9.17) is 4.74 Å². The van der Waals surface area contributed by atoms with E-state index in [1.54, 1.807) is 11.3 Å². The number of rotatable bonds is 4. The molecule has 5 rings (SSSR count). The number of fused-ring (bicyclic) bond motifs is 1. The van der Waals surface area contributed by atoms with Crippen LogP contribution in [-0.4, -0.2) is 41.7 Å². The van der Waals surface area contributed by atoms with Crippen molar-refractivity contribution in [3.63, 3.8) is 0 Å². The van der Waals surface area contributed by atoms with Crippen LogP contribution in [0.25, 0.3) is 0 Å². The maximum Gasteiger partial charge on any atom is 0.119 e. The Bertz CT molecular complexity index is 732. The van der Waals surface area contributed by atoms with Crippen LogP contribution in [0.3, 0.4) is 0 Å². The molecule has 3 aliphatic rings. The number of hydrogen-bond donors (Lipinski definition) is 1. The van der Waals surface area contributed by atoms with Crippen molar-refractivity contribution in [2.75, 3.05) is 19.6 Å². The second kappa shape index (κ2) is 7.29. The zero-order valence-electron chi connectivity index (χ0n) is 15.2. The Morgan fingerprint density at radius 1 is 1.08 bits per heavy atom. The molecule has 5 heteroatoms. The van der Waals surface area contributed by atoms with Gasteiger partial charge in [-0.3, -0.25) is 0 Å². The third-order valence-electron chi connectivity index (χ3n) is 6.14. The van der Waals surface area contributed by atoms with Gasteiger partial charge in [-0.25, -0.2) is 4.98 Å². The molecule has 26 heavy (non-hydrogen) atoms. The largest absolute Gasteiger partial charge is 0.490 e. The molecule has 0 spiro atoms. The van der Waals surface area contributed by atoms with Crippen LogP contribution < -0.4 is 10.1 Å². The van der Waals surface area contributed by atoms with Gasteiger partial charge in [-0.05, 0) is 43.6 Å². The molecule has 1 N–H and O–H groups in total. The summed E-state index contributed by atoms with van der Waals surface area (Å²) < 4.78 is 6.21. The molecule has 1 atom stereocenters. The summed E-state index contributed by atoms with van der Waals surface area (Å²) in [5.41, 5.74) is 4.54. The number of nitrogens with one attached hydrogen (secondary N) is 1. The molecule has 0 bridgehead atoms. The van der Waals surface area contributed by atoms with Crippen molar-refractivity contribution in [3.8, 4) is 5.75 Å². The summed E-state index contributed by atoms with van der Waals surface area (Å²) in [6.07, 6.45) is 7.98. The van der Waals surface area contributed by atoms with Gasteiger partial charge in [-0.1, -0.05) is 18.6 Å². The number of thiazole rings is 1. The van der Waals surface area contributed by atoms with E-state index < -0.39 is 0 Å². The fourth-order valence-electron chi connectivity index (χ4n) is 4.54. The molecule has 2 aromatic rings. The number of piperidine rings is 1. The summed E-state index contributed by atoms with van der Waals surface area (Å²) in [5.74, 6) is 1.01. The van der Waals surface area contributed by atoms with E-state index in [0.717, 1.165) is 24.8 Å². The Balaban J connectivity index is 1.18. The molecule has 0 amide bonds. The predicted octanol–water partition coefficient (Wildman–Crippen LogP) is 3.77. The molecule has 1 saturated heterocycles. The van der Waals surface area contributed by atoms with Crippen LogP contribution in [0.1, 0.15) is 54.3 Å². The number of nitrogens with zero attached hydrogens (tertiary/aromatic N) is 2. The molecule has 1 unspecified atom stereocenters. The normalized spacial score (nSPS) is 29.0. The molecule has 1 saturated carbocycles. The zero-order valence-corrected chi connectivity index (χ0v) is 16.0. The smallest absolute Gasteiger partial charge is 0.119 e. The van der Waals surface area contributed by atoms with Gasteiger partial charge in [0.05, 0.1) is 17.2 Å². The first kappa shape index (κ1) is 16.7. The first-order chi connectivity index (χ1) is 12.9. The summed E-state index contributed by atoms with van der Waals surface area (Å²) >= 11 is 1.76. The zero-order chi connectivity index (χ0) is 17.3. The summed E-state index contributed by atoms with van der Waals surface area (Å²) in [4.78, 5) is 8.55. The standard InChI is InChI=1S/C21H27N3OS/c1-2-10-24(11-3-1)16-12-18(13-16)25-17-6-4-15(5-7-17)20-21-19(8-9-22-20)23-14-26-21/h4-7,14,16,18,20,22H,1-3,8-13H2/t16-,18-,20?. The van der Waals surface area contributed by atoms with Crippen LogP contribution in [0.2, 0.25) is 0 Å². The number of benzene rings is 1. The maximum absolute atomic E-state index is 6.21. The lowest BCUT2D eigenvalue weighted by Crippen LogP contribution is -2.50. The monoisotopic (exact) mass is 369 g/mol. The predicted molar refractivity (Wildman–Crippen MR) is 105 cm³/mol. The van der Waals surface area contributed by atoms with Gasteiger partial charge in [-0.15, -0.1) is 11.3 Å². The lowest BCUT2D eigenvalue weighted by Gasteiger charge is -2.44. The average Bonchev–Trinajstić information content (AvgIpc) is 3.14. The van der Waals surface area contributed by atoms with E-state index in [9.17, 15) is 0 Å². The molecular formula is C21H27N3OS. The van der Waals surface area contributed by atoms with Gasteiger partial charge in [0.1, 0.15) is 11.9 Å². The highest BCUT2D eigenvalue weighted by atomic mass is 32.1. The number of aromatic nitrogens is 1. The molecule has 3 heterocycles. The number of hydrogen-bond acceptors (Lipinski definition) is 5. The topological polar surface area (TPSA) is 37.4 Å². The van der Waals surface area contributed by atoms with Gasteiger partial charge >= 0.3 is 0 Å². The van der Waals surface area contributed by atoms with Crippen molar-refractivity contribution >= 4 is 11.3 Å². The third-order valence-corrected chi connectivity index (χ3v) is 7.07. The van der Waals surface area contributed by atoms with Crippen molar-refractivity contribution in [1.82, 2.24) is 15.2 Å². The molecule has 4 nitrogen and oxygen atoms in total. The van der Waals surface area contributed by atoms with Crippen LogP contribution in [0.5, 0.6) is 5.75 Å². The van der Waals surface area contributed by atoms with Crippen molar-refractivity contribution in [2.24, 2.45) is 0 Å². The molecule has 2 fully saturated rings. The van der Waals surface area contributed by atoms with E-state index in [1.165, 1.54) is 61.3 Å². The van der Waals surface area contributed by atoms with Gasteiger partial charge in [0.15, 0.2) is 0 Å². The van der Waals surface area contributed by atoms with E-state index in [0.29, 0.717) is 6.10 Å². The number of likely N-dealkylation sites (tertiary alicyclic amines) is 1. The number of ether oxygens (including phenoxy) is 1. The molecule has 1 aliphatic carbocycles. The van der Waals surface area contributed by atoms with E-state index in [2.05, 4.69) is 39.5 Å². The summed E-state index contributed by atoms with van der Waals surface area (Å²) in [6.45, 7) is 3.58. The van der Waals surface area contributed by atoms with Crippen LogP contribution in [-0.2, 0) is 6.42 Å². The minimum atomic E-state index is 0.285.